The van der Waals surface area contributed by atoms with Gasteiger partial charge >= 0.3 is 0 Å². The lowest BCUT2D eigenvalue weighted by Gasteiger charge is -2.35. The van der Waals surface area contributed by atoms with Gasteiger partial charge in [-0.2, -0.15) is 4.98 Å². The number of aromatic nitrogens is 2. The number of morpholine rings is 1. The Hall–Kier alpha value is -2.19. The van der Waals surface area contributed by atoms with Crippen LogP contribution in [0.3, 0.4) is 0 Å². The van der Waals surface area contributed by atoms with Gasteiger partial charge in [0, 0.05) is 20.1 Å². The van der Waals surface area contributed by atoms with Gasteiger partial charge in [0.2, 0.25) is 5.91 Å². The van der Waals surface area contributed by atoms with E-state index in [1.54, 1.807) is 25.1 Å². The summed E-state index contributed by atoms with van der Waals surface area (Å²) in [6.45, 7) is 5.74. The average Bonchev–Trinajstić information content (AvgIpc) is 3.18. The summed E-state index contributed by atoms with van der Waals surface area (Å²) in [6.07, 6.45) is 1.28. The molecular weight excluding hydrogens is 312 g/mol. The smallest absolute Gasteiger partial charge is 0.257 e. The second-order valence-corrected chi connectivity index (χ2v) is 6.14. The fraction of sp³-hybridized carbons (Fsp3) is 0.562. The summed E-state index contributed by atoms with van der Waals surface area (Å²) < 4.78 is 16.4. The third-order valence-electron chi connectivity index (χ3n) is 3.91. The van der Waals surface area contributed by atoms with Crippen molar-refractivity contribution in [1.29, 1.82) is 0 Å². The van der Waals surface area contributed by atoms with E-state index < -0.39 is 0 Å². The van der Waals surface area contributed by atoms with E-state index in [0.29, 0.717) is 37.9 Å². The molecule has 0 bridgehead atoms. The number of hydrogen-bond acceptors (Lipinski definition) is 7. The molecule has 2 aromatic heterocycles. The number of carbonyl (C=O) groups is 1. The minimum absolute atomic E-state index is 0.0147. The van der Waals surface area contributed by atoms with E-state index in [2.05, 4.69) is 15.0 Å². The van der Waals surface area contributed by atoms with Gasteiger partial charge < -0.3 is 18.6 Å². The molecule has 24 heavy (non-hydrogen) atoms. The van der Waals surface area contributed by atoms with Crippen LogP contribution in [0.1, 0.15) is 30.5 Å². The second-order valence-electron chi connectivity index (χ2n) is 6.14. The minimum atomic E-state index is -0.307. The van der Waals surface area contributed by atoms with Crippen molar-refractivity contribution < 1.29 is 18.5 Å². The fourth-order valence-electron chi connectivity index (χ4n) is 2.78. The first-order chi connectivity index (χ1) is 11.5. The molecule has 0 spiro atoms. The highest BCUT2D eigenvalue weighted by Gasteiger charge is 2.31. The van der Waals surface area contributed by atoms with Gasteiger partial charge in [-0.05, 0) is 26.0 Å². The molecule has 1 aliphatic rings. The molecule has 0 aromatic carbocycles. The Balaban J connectivity index is 1.58. The Morgan fingerprint density at radius 3 is 2.96 bits per heavy atom. The Bertz CT molecular complexity index is 669. The van der Waals surface area contributed by atoms with Crippen LogP contribution in [0, 0.1) is 6.92 Å². The number of aryl methyl sites for hydroxylation is 1. The normalized spacial score (nSPS) is 21.8. The number of carbonyl (C=O) groups excluding carboxylic acids is 1. The van der Waals surface area contributed by atoms with Crippen LogP contribution in [0.25, 0.3) is 0 Å². The molecule has 3 rings (SSSR count). The van der Waals surface area contributed by atoms with E-state index in [-0.39, 0.29) is 18.1 Å². The van der Waals surface area contributed by atoms with Crippen LogP contribution in [0.2, 0.25) is 0 Å². The van der Waals surface area contributed by atoms with Gasteiger partial charge in [0.15, 0.2) is 5.82 Å². The predicted molar refractivity (Wildman–Crippen MR) is 83.9 cm³/mol. The summed E-state index contributed by atoms with van der Waals surface area (Å²) in [6, 6.07) is 3.67. The number of likely N-dealkylation sites (N-methyl/N-ethyl adjacent to an activating group) is 1. The largest absolute Gasteiger partial charge is 0.467 e. The molecule has 0 N–H and O–H groups in total. The lowest BCUT2D eigenvalue weighted by molar-refractivity contribution is -0.137. The average molecular weight is 334 g/mol. The zero-order valence-electron chi connectivity index (χ0n) is 14.1. The van der Waals surface area contributed by atoms with Gasteiger partial charge in [0.25, 0.3) is 5.89 Å². The summed E-state index contributed by atoms with van der Waals surface area (Å²) in [7, 11) is 1.77. The molecule has 2 atom stereocenters. The van der Waals surface area contributed by atoms with Crippen molar-refractivity contribution in [2.75, 3.05) is 26.7 Å². The molecule has 3 heterocycles. The molecule has 0 aliphatic carbocycles. The predicted octanol–water partition coefficient (Wildman–Crippen LogP) is 1.39. The van der Waals surface area contributed by atoms with Gasteiger partial charge in [-0.1, -0.05) is 5.16 Å². The molecule has 1 fully saturated rings. The quantitative estimate of drug-likeness (QED) is 0.817. The van der Waals surface area contributed by atoms with Crippen molar-refractivity contribution in [3.8, 4) is 0 Å². The molecule has 8 nitrogen and oxygen atoms in total. The summed E-state index contributed by atoms with van der Waals surface area (Å²) >= 11 is 0. The molecule has 1 saturated heterocycles. The first-order valence-electron chi connectivity index (χ1n) is 7.95. The van der Waals surface area contributed by atoms with Crippen LogP contribution in [-0.4, -0.2) is 58.6 Å². The SMILES string of the molecule is Cc1noc([C@H]2CN(CC(=O)N(C)Cc3ccco3)C[C@@H](C)O2)n1. The number of rotatable bonds is 5. The Morgan fingerprint density at radius 1 is 1.46 bits per heavy atom. The molecule has 0 unspecified atom stereocenters. The van der Waals surface area contributed by atoms with Crippen molar-refractivity contribution in [3.63, 3.8) is 0 Å². The molecule has 8 heteroatoms. The van der Waals surface area contributed by atoms with Crippen molar-refractivity contribution in [2.24, 2.45) is 0 Å². The summed E-state index contributed by atoms with van der Waals surface area (Å²) in [5, 5.41) is 3.80. The van der Waals surface area contributed by atoms with Crippen LogP contribution in [0.4, 0.5) is 0 Å². The van der Waals surface area contributed by atoms with Crippen LogP contribution in [0.15, 0.2) is 27.3 Å². The van der Waals surface area contributed by atoms with Crippen LogP contribution >= 0.6 is 0 Å². The fourth-order valence-corrected chi connectivity index (χ4v) is 2.78. The van der Waals surface area contributed by atoms with E-state index in [9.17, 15) is 4.79 Å². The summed E-state index contributed by atoms with van der Waals surface area (Å²) in [4.78, 5) is 20.4. The van der Waals surface area contributed by atoms with E-state index >= 15 is 0 Å². The van der Waals surface area contributed by atoms with Gasteiger partial charge in [-0.3, -0.25) is 9.69 Å². The Kier molecular flexibility index (Phi) is 4.96. The summed E-state index contributed by atoms with van der Waals surface area (Å²) in [5.74, 6) is 1.83. The third-order valence-corrected chi connectivity index (χ3v) is 3.91. The van der Waals surface area contributed by atoms with E-state index in [1.165, 1.54) is 0 Å². The Morgan fingerprint density at radius 2 is 2.29 bits per heavy atom. The number of hydrogen-bond donors (Lipinski definition) is 0. The first-order valence-corrected chi connectivity index (χ1v) is 7.95. The zero-order chi connectivity index (χ0) is 17.1. The maximum Gasteiger partial charge on any atom is 0.257 e. The molecule has 1 amide bonds. The summed E-state index contributed by atoms with van der Waals surface area (Å²) in [5.41, 5.74) is 0. The highest BCUT2D eigenvalue weighted by molar-refractivity contribution is 5.77. The van der Waals surface area contributed by atoms with Gasteiger partial charge in [-0.15, -0.1) is 0 Å². The highest BCUT2D eigenvalue weighted by atomic mass is 16.5. The third kappa shape index (κ3) is 4.01. The number of nitrogens with zero attached hydrogens (tertiary/aromatic N) is 4. The van der Waals surface area contributed by atoms with Crippen molar-refractivity contribution in [1.82, 2.24) is 19.9 Å². The maximum atomic E-state index is 12.4. The topological polar surface area (TPSA) is 84.8 Å². The molecule has 2 aromatic rings. The lowest BCUT2D eigenvalue weighted by Crippen LogP contribution is -2.47. The van der Waals surface area contributed by atoms with Crippen LogP contribution in [0.5, 0.6) is 0 Å². The maximum absolute atomic E-state index is 12.4. The molecule has 0 saturated carbocycles. The van der Waals surface area contributed by atoms with Crippen LogP contribution in [-0.2, 0) is 16.1 Å². The molecule has 0 radical (unpaired) electrons. The van der Waals surface area contributed by atoms with E-state index in [4.69, 9.17) is 13.7 Å². The van der Waals surface area contributed by atoms with Gasteiger partial charge in [0.05, 0.1) is 25.5 Å². The molecule has 1 aliphatic heterocycles. The van der Waals surface area contributed by atoms with Crippen LogP contribution < -0.4 is 0 Å². The molecular formula is C16H22N4O4. The van der Waals surface area contributed by atoms with Gasteiger partial charge in [-0.25, -0.2) is 0 Å². The van der Waals surface area contributed by atoms with Crippen molar-refractivity contribution in [3.05, 3.63) is 35.9 Å². The minimum Gasteiger partial charge on any atom is -0.467 e. The van der Waals surface area contributed by atoms with Crippen molar-refractivity contribution in [2.45, 2.75) is 32.6 Å². The first kappa shape index (κ1) is 16.7. The molecule has 130 valence electrons. The van der Waals surface area contributed by atoms with Crippen molar-refractivity contribution >= 4 is 5.91 Å². The standard InChI is InChI=1S/C16H22N4O4/c1-11-7-20(9-14(23-11)16-17-12(2)18-24-16)10-15(21)19(3)8-13-5-4-6-22-13/h4-6,11,14H,7-10H2,1-3H3/t11-,14-/m1/s1. The monoisotopic (exact) mass is 334 g/mol. The number of ether oxygens (including phenoxy) is 1. The number of amides is 1. The second kappa shape index (κ2) is 7.14. The Labute approximate surface area is 140 Å². The number of furan rings is 1. The zero-order valence-corrected chi connectivity index (χ0v) is 14.1. The highest BCUT2D eigenvalue weighted by Crippen LogP contribution is 2.24. The lowest BCUT2D eigenvalue weighted by atomic mass is 10.2. The van der Waals surface area contributed by atoms with Gasteiger partial charge in [0.1, 0.15) is 11.9 Å². The van der Waals surface area contributed by atoms with E-state index in [1.807, 2.05) is 19.1 Å². The van der Waals surface area contributed by atoms with E-state index in [0.717, 1.165) is 5.76 Å².